The molecule has 2 aliphatic heterocycles. The lowest BCUT2D eigenvalue weighted by Crippen LogP contribution is -2.40. The minimum atomic E-state index is -1.41. The topological polar surface area (TPSA) is 104 Å². The third-order valence-corrected chi connectivity index (χ3v) is 4.71. The molecule has 1 saturated carbocycles. The molecule has 1 spiro atoms. The van der Waals surface area contributed by atoms with Gasteiger partial charge in [-0.1, -0.05) is 13.8 Å². The van der Waals surface area contributed by atoms with E-state index in [-0.39, 0.29) is 11.9 Å². The highest BCUT2D eigenvalue weighted by molar-refractivity contribution is 5.99. The number of nitrogens with two attached hydrogens (primary N) is 1. The molecule has 0 radical (unpaired) electrons. The van der Waals surface area contributed by atoms with Crippen LogP contribution < -0.4 is 5.73 Å². The number of nitriles is 2. The molecule has 0 unspecified atom stereocenters. The minimum absolute atomic E-state index is 0.144. The molecule has 18 heavy (non-hydrogen) atoms. The molecule has 6 heteroatoms. The van der Waals surface area contributed by atoms with E-state index in [1.807, 2.05) is 20.8 Å². The molecule has 1 saturated heterocycles. The van der Waals surface area contributed by atoms with E-state index in [0.29, 0.717) is 6.61 Å². The third-order valence-electron chi connectivity index (χ3n) is 4.71. The summed E-state index contributed by atoms with van der Waals surface area (Å²) in [7, 11) is 0. The van der Waals surface area contributed by atoms with Crippen LogP contribution in [-0.2, 0) is 9.47 Å². The Bertz CT molecular complexity index is 557. The van der Waals surface area contributed by atoms with Crippen molar-refractivity contribution in [2.45, 2.75) is 32.8 Å². The quantitative estimate of drug-likeness (QED) is 0.670. The predicted octanol–water partition coefficient (Wildman–Crippen LogP) is 0.506. The maximum atomic E-state index is 9.64. The van der Waals surface area contributed by atoms with Gasteiger partial charge in [0.2, 0.25) is 0 Å². The van der Waals surface area contributed by atoms with Gasteiger partial charge in [0.05, 0.1) is 24.8 Å². The Balaban J connectivity index is 2.24. The van der Waals surface area contributed by atoms with E-state index >= 15 is 0 Å². The average molecular weight is 246 g/mol. The summed E-state index contributed by atoms with van der Waals surface area (Å²) in [4.78, 5) is 4.19. The smallest absolute Gasteiger partial charge is 0.293 e. The Morgan fingerprint density at radius 2 is 2.06 bits per heavy atom. The van der Waals surface area contributed by atoms with Crippen molar-refractivity contribution in [2.24, 2.45) is 27.0 Å². The summed E-state index contributed by atoms with van der Waals surface area (Å²) >= 11 is 0. The molecule has 94 valence electrons. The molecule has 0 aromatic heterocycles. The van der Waals surface area contributed by atoms with Crippen LogP contribution in [0, 0.1) is 38.9 Å². The Morgan fingerprint density at radius 3 is 2.44 bits per heavy atom. The van der Waals surface area contributed by atoms with Crippen molar-refractivity contribution >= 4 is 5.84 Å². The van der Waals surface area contributed by atoms with Gasteiger partial charge in [-0.2, -0.15) is 10.5 Å². The molecular formula is C12H14N4O2. The minimum Gasteiger partial charge on any atom is -0.386 e. The molecule has 3 rings (SSSR count). The van der Waals surface area contributed by atoms with Crippen LogP contribution in [0.1, 0.15) is 20.8 Å². The summed E-state index contributed by atoms with van der Waals surface area (Å²) in [5.41, 5.74) is 3.01. The number of aliphatic imine (C=N–C) groups is 1. The second-order valence-corrected chi connectivity index (χ2v) is 5.67. The van der Waals surface area contributed by atoms with Gasteiger partial charge in [-0.15, -0.1) is 0 Å². The van der Waals surface area contributed by atoms with Crippen molar-refractivity contribution < 1.29 is 9.47 Å². The van der Waals surface area contributed by atoms with Crippen molar-refractivity contribution in [3.63, 3.8) is 0 Å². The summed E-state index contributed by atoms with van der Waals surface area (Å²) in [6.07, 6.45) is -0.169. The maximum Gasteiger partial charge on any atom is 0.293 e. The van der Waals surface area contributed by atoms with Gasteiger partial charge >= 0.3 is 0 Å². The molecule has 0 aromatic carbocycles. The first-order chi connectivity index (χ1) is 8.35. The van der Waals surface area contributed by atoms with Crippen LogP contribution in [0.3, 0.4) is 0 Å². The van der Waals surface area contributed by atoms with E-state index in [9.17, 15) is 10.5 Å². The molecule has 0 aromatic rings. The molecule has 2 heterocycles. The van der Waals surface area contributed by atoms with Crippen molar-refractivity contribution in [1.29, 1.82) is 10.5 Å². The highest BCUT2D eigenvalue weighted by Crippen LogP contribution is 2.85. The van der Waals surface area contributed by atoms with E-state index < -0.39 is 22.2 Å². The van der Waals surface area contributed by atoms with E-state index in [2.05, 4.69) is 17.1 Å². The molecule has 1 aliphatic carbocycles. The molecular weight excluding hydrogens is 232 g/mol. The summed E-state index contributed by atoms with van der Waals surface area (Å²) in [6.45, 7) is 5.85. The molecule has 2 N–H and O–H groups in total. The highest BCUT2D eigenvalue weighted by Gasteiger charge is 2.98. The zero-order valence-electron chi connectivity index (χ0n) is 10.5. The summed E-state index contributed by atoms with van der Waals surface area (Å²) < 4.78 is 11.4. The lowest BCUT2D eigenvalue weighted by atomic mass is 9.93. The Morgan fingerprint density at radius 1 is 1.39 bits per heavy atom. The summed E-state index contributed by atoms with van der Waals surface area (Å²) in [5.74, 6) is -1.27. The van der Waals surface area contributed by atoms with Crippen molar-refractivity contribution in [2.75, 3.05) is 6.61 Å². The fourth-order valence-electron chi connectivity index (χ4n) is 3.75. The van der Waals surface area contributed by atoms with E-state index in [0.717, 1.165) is 0 Å². The highest BCUT2D eigenvalue weighted by atomic mass is 16.8. The summed E-state index contributed by atoms with van der Waals surface area (Å²) in [6, 6.07) is 4.39. The van der Waals surface area contributed by atoms with Crippen molar-refractivity contribution in [1.82, 2.24) is 0 Å². The Hall–Kier alpha value is -1.63. The first kappa shape index (κ1) is 11.5. The predicted molar refractivity (Wildman–Crippen MR) is 60.7 cm³/mol. The van der Waals surface area contributed by atoms with Gasteiger partial charge in [-0.05, 0) is 6.92 Å². The van der Waals surface area contributed by atoms with Crippen molar-refractivity contribution in [3.8, 4) is 12.1 Å². The number of nitrogens with zero attached hydrogens (tertiary/aromatic N) is 3. The Kier molecular flexibility index (Phi) is 1.71. The maximum absolute atomic E-state index is 9.64. The number of hydrogen-bond acceptors (Lipinski definition) is 6. The van der Waals surface area contributed by atoms with Crippen LogP contribution in [0.15, 0.2) is 4.99 Å². The van der Waals surface area contributed by atoms with Gasteiger partial charge in [-0.3, -0.25) is 0 Å². The SMILES string of the molecule is C[C@H]1CO[C@@]2(N=C(N)[C@@]3(C#N)C(C)(C)[C@@]23C#N)O1. The van der Waals surface area contributed by atoms with Crippen LogP contribution in [-0.4, -0.2) is 24.5 Å². The molecule has 4 atom stereocenters. The number of amidine groups is 1. The first-order valence-electron chi connectivity index (χ1n) is 5.85. The fraction of sp³-hybridized carbons (Fsp3) is 0.750. The van der Waals surface area contributed by atoms with Gasteiger partial charge in [0.1, 0.15) is 11.3 Å². The number of rotatable bonds is 0. The van der Waals surface area contributed by atoms with Crippen molar-refractivity contribution in [3.05, 3.63) is 0 Å². The largest absolute Gasteiger partial charge is 0.386 e. The van der Waals surface area contributed by atoms with Gasteiger partial charge in [0.25, 0.3) is 5.91 Å². The molecule has 6 nitrogen and oxygen atoms in total. The van der Waals surface area contributed by atoms with E-state index in [1.54, 1.807) is 0 Å². The molecule has 0 bridgehead atoms. The van der Waals surface area contributed by atoms with Crippen LogP contribution in [0.2, 0.25) is 0 Å². The monoisotopic (exact) mass is 246 g/mol. The van der Waals surface area contributed by atoms with Crippen LogP contribution in [0.25, 0.3) is 0 Å². The molecule has 3 aliphatic rings. The zero-order chi connectivity index (χ0) is 13.4. The Labute approximate surface area is 105 Å². The van der Waals surface area contributed by atoms with Crippen LogP contribution in [0.4, 0.5) is 0 Å². The van der Waals surface area contributed by atoms with Crippen LogP contribution >= 0.6 is 0 Å². The third kappa shape index (κ3) is 0.705. The number of hydrogen-bond donors (Lipinski definition) is 1. The molecule has 2 fully saturated rings. The van der Waals surface area contributed by atoms with E-state index in [1.165, 1.54) is 0 Å². The van der Waals surface area contributed by atoms with Gasteiger partial charge in [0, 0.05) is 5.41 Å². The average Bonchev–Trinajstić information content (AvgIpc) is 2.56. The molecule has 0 amide bonds. The zero-order valence-corrected chi connectivity index (χ0v) is 10.5. The second kappa shape index (κ2) is 2.69. The normalized spacial score (nSPS) is 51.4. The van der Waals surface area contributed by atoms with E-state index in [4.69, 9.17) is 15.2 Å². The summed E-state index contributed by atoms with van der Waals surface area (Å²) in [5, 5.41) is 19.1. The van der Waals surface area contributed by atoms with Gasteiger partial charge < -0.3 is 15.2 Å². The number of fused-ring (bicyclic) bond motifs is 2. The second-order valence-electron chi connectivity index (χ2n) is 5.67. The van der Waals surface area contributed by atoms with Gasteiger partial charge in [-0.25, -0.2) is 4.99 Å². The lowest BCUT2D eigenvalue weighted by molar-refractivity contribution is -0.199. The number of ether oxygens (including phenoxy) is 2. The van der Waals surface area contributed by atoms with Gasteiger partial charge in [0.15, 0.2) is 5.41 Å². The first-order valence-corrected chi connectivity index (χ1v) is 5.85. The standard InChI is InChI=1S/C12H14N4O2/c1-7-4-17-12(18-7)11(6-14)9(2,3)10(11,5-13)8(15)16-12/h7H,4H2,1-3H3,(H2,15,16)/t7-,10-,11+,12+/m0/s1. The fourth-order valence-corrected chi connectivity index (χ4v) is 3.75. The van der Waals surface area contributed by atoms with Crippen LogP contribution in [0.5, 0.6) is 0 Å². The lowest BCUT2D eigenvalue weighted by Gasteiger charge is -2.28.